The Hall–Kier alpha value is -1.57. The smallest absolute Gasteiger partial charge is 0.187 e. The highest BCUT2D eigenvalue weighted by Crippen LogP contribution is 2.02. The summed E-state index contributed by atoms with van der Waals surface area (Å²) in [6, 6.07) is 9.11. The summed E-state index contributed by atoms with van der Waals surface area (Å²) in [7, 11) is 0. The van der Waals surface area contributed by atoms with Crippen molar-refractivity contribution in [2.75, 3.05) is 0 Å². The fraction of sp³-hybridized carbons (Fsp3) is 0.182. The van der Waals surface area contributed by atoms with Gasteiger partial charge in [0.05, 0.1) is 0 Å². The number of carbonyl (C=O) groups excluding carboxylic acids is 1. The number of hydrogen-bond acceptors (Lipinski definition) is 2. The number of ketones is 1. The first-order valence-corrected chi connectivity index (χ1v) is 4.29. The second kappa shape index (κ2) is 4.45. The Morgan fingerprint density at radius 3 is 2.54 bits per heavy atom. The Morgan fingerprint density at radius 1 is 1.38 bits per heavy atom. The minimum Gasteiger partial charge on any atom is -0.402 e. The largest absolute Gasteiger partial charge is 0.402 e. The SMILES string of the molecule is CC/C(N)=C/C(=O)c1ccccc1. The Morgan fingerprint density at radius 2 is 2.00 bits per heavy atom. The van der Waals surface area contributed by atoms with Crippen LogP contribution in [0.25, 0.3) is 0 Å². The molecule has 0 heterocycles. The van der Waals surface area contributed by atoms with Crippen LogP contribution in [-0.4, -0.2) is 5.78 Å². The molecule has 1 rings (SSSR count). The van der Waals surface area contributed by atoms with E-state index in [9.17, 15) is 4.79 Å². The molecule has 0 aliphatic rings. The van der Waals surface area contributed by atoms with Crippen molar-refractivity contribution >= 4 is 5.78 Å². The fourth-order valence-electron chi connectivity index (χ4n) is 0.956. The van der Waals surface area contributed by atoms with E-state index in [1.165, 1.54) is 6.08 Å². The molecule has 0 radical (unpaired) electrons. The van der Waals surface area contributed by atoms with E-state index in [1.807, 2.05) is 25.1 Å². The quantitative estimate of drug-likeness (QED) is 0.564. The third-order valence-corrected chi connectivity index (χ3v) is 1.78. The Balaban J connectivity index is 2.81. The van der Waals surface area contributed by atoms with Crippen molar-refractivity contribution in [1.29, 1.82) is 0 Å². The minimum absolute atomic E-state index is 0.0278. The summed E-state index contributed by atoms with van der Waals surface area (Å²) in [5.41, 5.74) is 6.85. The number of carbonyl (C=O) groups is 1. The fourth-order valence-corrected chi connectivity index (χ4v) is 0.956. The summed E-state index contributed by atoms with van der Waals surface area (Å²) in [5.74, 6) is -0.0278. The van der Waals surface area contributed by atoms with E-state index in [0.717, 1.165) is 0 Å². The van der Waals surface area contributed by atoms with E-state index < -0.39 is 0 Å². The maximum absolute atomic E-state index is 11.5. The molecule has 0 aromatic heterocycles. The van der Waals surface area contributed by atoms with E-state index in [0.29, 0.717) is 17.7 Å². The summed E-state index contributed by atoms with van der Waals surface area (Å²) in [6.07, 6.45) is 2.19. The van der Waals surface area contributed by atoms with Gasteiger partial charge in [-0.1, -0.05) is 37.3 Å². The lowest BCUT2D eigenvalue weighted by molar-refractivity contribution is 0.104. The number of hydrogen-bond donors (Lipinski definition) is 1. The van der Waals surface area contributed by atoms with Crippen LogP contribution in [0.3, 0.4) is 0 Å². The van der Waals surface area contributed by atoms with Crippen LogP contribution in [-0.2, 0) is 0 Å². The van der Waals surface area contributed by atoms with Crippen molar-refractivity contribution in [2.24, 2.45) is 5.73 Å². The molecule has 2 nitrogen and oxygen atoms in total. The van der Waals surface area contributed by atoms with Crippen molar-refractivity contribution in [2.45, 2.75) is 13.3 Å². The van der Waals surface area contributed by atoms with E-state index in [-0.39, 0.29) is 5.78 Å². The van der Waals surface area contributed by atoms with Gasteiger partial charge in [-0.25, -0.2) is 0 Å². The second-order valence-corrected chi connectivity index (χ2v) is 2.80. The summed E-state index contributed by atoms with van der Waals surface area (Å²) in [4.78, 5) is 11.5. The molecule has 1 aromatic carbocycles. The van der Waals surface area contributed by atoms with Crippen LogP contribution in [0.5, 0.6) is 0 Å². The topological polar surface area (TPSA) is 43.1 Å². The first-order valence-electron chi connectivity index (χ1n) is 4.29. The zero-order valence-corrected chi connectivity index (χ0v) is 7.66. The summed E-state index contributed by atoms with van der Waals surface area (Å²) in [5, 5.41) is 0. The van der Waals surface area contributed by atoms with E-state index in [4.69, 9.17) is 5.73 Å². The van der Waals surface area contributed by atoms with Crippen molar-refractivity contribution in [1.82, 2.24) is 0 Å². The average Bonchev–Trinajstić information content (AvgIpc) is 2.19. The first-order chi connectivity index (χ1) is 6.24. The van der Waals surface area contributed by atoms with E-state index >= 15 is 0 Å². The maximum atomic E-state index is 11.5. The molecular weight excluding hydrogens is 162 g/mol. The lowest BCUT2D eigenvalue weighted by Gasteiger charge is -1.96. The molecule has 2 heteroatoms. The van der Waals surface area contributed by atoms with Gasteiger partial charge in [-0.05, 0) is 6.42 Å². The van der Waals surface area contributed by atoms with Crippen molar-refractivity contribution in [3.8, 4) is 0 Å². The molecule has 0 aliphatic carbocycles. The lowest BCUT2D eigenvalue weighted by Crippen LogP contribution is -2.01. The standard InChI is InChI=1S/C11H13NO/c1-2-10(12)8-11(13)9-6-4-3-5-7-9/h3-8H,2,12H2,1H3/b10-8-. The van der Waals surface area contributed by atoms with Crippen LogP contribution < -0.4 is 5.73 Å². The van der Waals surface area contributed by atoms with Gasteiger partial charge >= 0.3 is 0 Å². The predicted octanol–water partition coefficient (Wildman–Crippen LogP) is 2.12. The van der Waals surface area contributed by atoms with Gasteiger partial charge in [0.1, 0.15) is 0 Å². The number of benzene rings is 1. The van der Waals surface area contributed by atoms with E-state index in [2.05, 4.69) is 0 Å². The van der Waals surface area contributed by atoms with Gasteiger partial charge in [-0.3, -0.25) is 4.79 Å². The second-order valence-electron chi connectivity index (χ2n) is 2.80. The molecule has 0 saturated carbocycles. The van der Waals surface area contributed by atoms with Gasteiger partial charge in [0, 0.05) is 17.3 Å². The van der Waals surface area contributed by atoms with Crippen LogP contribution in [0, 0.1) is 0 Å². The summed E-state index contributed by atoms with van der Waals surface area (Å²) < 4.78 is 0. The highest BCUT2D eigenvalue weighted by atomic mass is 16.1. The first kappa shape index (κ1) is 9.52. The van der Waals surface area contributed by atoms with Crippen molar-refractivity contribution in [3.63, 3.8) is 0 Å². The third-order valence-electron chi connectivity index (χ3n) is 1.78. The van der Waals surface area contributed by atoms with Crippen molar-refractivity contribution < 1.29 is 4.79 Å². The number of allylic oxidation sites excluding steroid dienone is 2. The number of rotatable bonds is 3. The Kier molecular flexibility index (Phi) is 3.26. The molecule has 0 amide bonds. The molecule has 1 aromatic rings. The van der Waals surface area contributed by atoms with Gasteiger partial charge in [0.15, 0.2) is 5.78 Å². The van der Waals surface area contributed by atoms with Crippen LogP contribution in [0.4, 0.5) is 0 Å². The Bertz CT molecular complexity index is 314. The molecule has 68 valence electrons. The minimum atomic E-state index is -0.0278. The molecule has 0 bridgehead atoms. The zero-order chi connectivity index (χ0) is 9.68. The molecule has 0 fully saturated rings. The molecule has 2 N–H and O–H groups in total. The zero-order valence-electron chi connectivity index (χ0n) is 7.66. The molecule has 0 atom stereocenters. The average molecular weight is 175 g/mol. The van der Waals surface area contributed by atoms with E-state index in [1.54, 1.807) is 12.1 Å². The molecule has 0 aliphatic heterocycles. The monoisotopic (exact) mass is 175 g/mol. The summed E-state index contributed by atoms with van der Waals surface area (Å²) >= 11 is 0. The van der Waals surface area contributed by atoms with Gasteiger partial charge in [0.2, 0.25) is 0 Å². The van der Waals surface area contributed by atoms with Crippen LogP contribution in [0.1, 0.15) is 23.7 Å². The lowest BCUT2D eigenvalue weighted by atomic mass is 10.1. The highest BCUT2D eigenvalue weighted by molar-refractivity contribution is 6.04. The maximum Gasteiger partial charge on any atom is 0.187 e. The summed E-state index contributed by atoms with van der Waals surface area (Å²) in [6.45, 7) is 1.92. The number of nitrogens with two attached hydrogens (primary N) is 1. The predicted molar refractivity (Wildman–Crippen MR) is 53.3 cm³/mol. The molecule has 0 spiro atoms. The normalized spacial score (nSPS) is 11.3. The molecule has 13 heavy (non-hydrogen) atoms. The molecular formula is C11H13NO. The van der Waals surface area contributed by atoms with Crippen LogP contribution in [0.2, 0.25) is 0 Å². The highest BCUT2D eigenvalue weighted by Gasteiger charge is 2.00. The van der Waals surface area contributed by atoms with Gasteiger partial charge in [-0.15, -0.1) is 0 Å². The van der Waals surface area contributed by atoms with Gasteiger partial charge in [-0.2, -0.15) is 0 Å². The van der Waals surface area contributed by atoms with Crippen LogP contribution in [0.15, 0.2) is 42.1 Å². The molecule has 0 unspecified atom stereocenters. The van der Waals surface area contributed by atoms with Crippen molar-refractivity contribution in [3.05, 3.63) is 47.7 Å². The molecule has 0 saturated heterocycles. The Labute approximate surface area is 78.1 Å². The van der Waals surface area contributed by atoms with Gasteiger partial charge < -0.3 is 5.73 Å². The van der Waals surface area contributed by atoms with Gasteiger partial charge in [0.25, 0.3) is 0 Å². The van der Waals surface area contributed by atoms with Crippen LogP contribution >= 0.6 is 0 Å². The third kappa shape index (κ3) is 2.75.